The molecule has 0 radical (unpaired) electrons. The summed E-state index contributed by atoms with van der Waals surface area (Å²) in [5, 5.41) is 12.4. The zero-order chi connectivity index (χ0) is 21.9. The molecule has 3 aromatic carbocycles. The summed E-state index contributed by atoms with van der Waals surface area (Å²) in [6.45, 7) is 5.97. The van der Waals surface area contributed by atoms with Gasteiger partial charge in [-0.3, -0.25) is 0 Å². The molecule has 2 aliphatic rings. The molecule has 2 saturated heterocycles. The third kappa shape index (κ3) is 3.79. The molecule has 3 aromatic rings. The Hall–Kier alpha value is -2.46. The molecule has 3 heteroatoms. The Kier molecular flexibility index (Phi) is 5.90. The summed E-state index contributed by atoms with van der Waals surface area (Å²) < 4.78 is 7.08. The molecule has 0 spiro atoms. The number of quaternary nitrogens is 1. The molecule has 0 saturated carbocycles. The Morgan fingerprint density at radius 3 is 1.88 bits per heavy atom. The van der Waals surface area contributed by atoms with Crippen molar-refractivity contribution >= 4 is 0 Å². The number of hydrogen-bond donors (Lipinski definition) is 1. The average molecular weight is 429 g/mol. The molecule has 0 unspecified atom stereocenters. The van der Waals surface area contributed by atoms with Gasteiger partial charge in [0.05, 0.1) is 44.8 Å². The highest BCUT2D eigenvalue weighted by molar-refractivity contribution is 5.40. The third-order valence-electron chi connectivity index (χ3n) is 7.95. The van der Waals surface area contributed by atoms with Crippen molar-refractivity contribution in [1.82, 2.24) is 0 Å². The lowest BCUT2D eigenvalue weighted by Gasteiger charge is -2.42. The second-order valence-corrected chi connectivity index (χ2v) is 9.79. The number of rotatable bonds is 9. The van der Waals surface area contributed by atoms with Crippen molar-refractivity contribution in [2.75, 3.05) is 32.8 Å². The van der Waals surface area contributed by atoms with E-state index in [0.717, 1.165) is 67.7 Å². The van der Waals surface area contributed by atoms with Crippen LogP contribution >= 0.6 is 0 Å². The molecule has 2 heterocycles. The van der Waals surface area contributed by atoms with E-state index in [1.807, 2.05) is 18.2 Å². The quantitative estimate of drug-likeness (QED) is 0.378. The monoisotopic (exact) mass is 428 g/mol. The van der Waals surface area contributed by atoms with Crippen LogP contribution in [0.5, 0.6) is 0 Å². The molecule has 0 amide bonds. The number of benzene rings is 3. The van der Waals surface area contributed by atoms with E-state index in [-0.39, 0.29) is 5.41 Å². The van der Waals surface area contributed by atoms with Crippen molar-refractivity contribution in [3.63, 3.8) is 0 Å². The maximum absolute atomic E-state index is 12.4. The van der Waals surface area contributed by atoms with Crippen LogP contribution in [-0.2, 0) is 16.9 Å². The summed E-state index contributed by atoms with van der Waals surface area (Å²) in [5.41, 5.74) is 2.23. The minimum absolute atomic E-state index is 0.111. The van der Waals surface area contributed by atoms with Crippen molar-refractivity contribution in [2.45, 2.75) is 31.5 Å². The van der Waals surface area contributed by atoms with Crippen molar-refractivity contribution < 1.29 is 14.3 Å². The highest BCUT2D eigenvalue weighted by Gasteiger charge is 2.65. The maximum atomic E-state index is 12.4. The Morgan fingerprint density at radius 2 is 1.31 bits per heavy atom. The number of aliphatic hydroxyl groups is 1. The Bertz CT molecular complexity index is 956. The molecule has 1 N–H and O–H groups in total. The molecule has 3 nitrogen and oxygen atoms in total. The summed E-state index contributed by atoms with van der Waals surface area (Å²) in [6.07, 6.45) is 3.20. The molecule has 2 bridgehead atoms. The SMILES string of the molecule is OC(c1ccccc1)(c1ccccc1)C12CC[N+](CCCOCc3ccccc3)(CC1)C2. The largest absolute Gasteiger partial charge is 0.380 e. The maximum Gasteiger partial charge on any atom is 0.126 e. The van der Waals surface area contributed by atoms with Gasteiger partial charge in [-0.2, -0.15) is 0 Å². The summed E-state index contributed by atoms with van der Waals surface area (Å²) >= 11 is 0. The van der Waals surface area contributed by atoms with Crippen LogP contribution in [0.3, 0.4) is 0 Å². The van der Waals surface area contributed by atoms with Crippen LogP contribution in [0.4, 0.5) is 0 Å². The summed E-state index contributed by atoms with van der Waals surface area (Å²) in [4.78, 5) is 0. The van der Waals surface area contributed by atoms with E-state index in [9.17, 15) is 5.11 Å². The van der Waals surface area contributed by atoms with Crippen molar-refractivity contribution in [3.05, 3.63) is 108 Å². The zero-order valence-corrected chi connectivity index (χ0v) is 18.8. The first-order valence-corrected chi connectivity index (χ1v) is 12.0. The van der Waals surface area contributed by atoms with Crippen LogP contribution in [0, 0.1) is 5.41 Å². The third-order valence-corrected chi connectivity index (χ3v) is 7.95. The lowest BCUT2D eigenvalue weighted by atomic mass is 9.63. The van der Waals surface area contributed by atoms with Crippen LogP contribution in [0.25, 0.3) is 0 Å². The summed E-state index contributed by atoms with van der Waals surface area (Å²) in [7, 11) is 0. The molecule has 166 valence electrons. The fourth-order valence-corrected chi connectivity index (χ4v) is 6.28. The van der Waals surface area contributed by atoms with Gasteiger partial charge >= 0.3 is 0 Å². The van der Waals surface area contributed by atoms with Gasteiger partial charge in [-0.25, -0.2) is 0 Å². The molecule has 2 aliphatic heterocycles. The van der Waals surface area contributed by atoms with Crippen LogP contribution < -0.4 is 0 Å². The first-order chi connectivity index (χ1) is 15.7. The number of fused-ring (bicyclic) bond motifs is 2. The molecule has 0 aromatic heterocycles. The van der Waals surface area contributed by atoms with Gasteiger partial charge in [0.15, 0.2) is 0 Å². The molecule has 32 heavy (non-hydrogen) atoms. The van der Waals surface area contributed by atoms with Crippen molar-refractivity contribution in [2.24, 2.45) is 5.41 Å². The lowest BCUT2D eigenvalue weighted by molar-refractivity contribution is -0.909. The predicted molar refractivity (Wildman–Crippen MR) is 128 cm³/mol. The highest BCUT2D eigenvalue weighted by atomic mass is 16.5. The molecule has 2 fully saturated rings. The number of nitrogens with zero attached hydrogens (tertiary/aromatic N) is 1. The molecule has 0 aliphatic carbocycles. The second-order valence-electron chi connectivity index (χ2n) is 9.79. The standard InChI is InChI=1S/C29H34NO2/c31-29(26-13-6-2-7-14-26,27-15-8-3-9-16-27)28-17-20-30(24-28,21-18-28)19-10-22-32-23-25-11-4-1-5-12-25/h1-9,11-16,31H,10,17-24H2/q+1. The van der Waals surface area contributed by atoms with Gasteiger partial charge in [0, 0.05) is 19.3 Å². The van der Waals surface area contributed by atoms with E-state index in [1.54, 1.807) is 0 Å². The molecular formula is C29H34NO2+. The van der Waals surface area contributed by atoms with Gasteiger partial charge in [-0.15, -0.1) is 0 Å². The minimum Gasteiger partial charge on any atom is -0.380 e. The van der Waals surface area contributed by atoms with Gasteiger partial charge in [-0.1, -0.05) is 91.0 Å². The second kappa shape index (κ2) is 8.82. The van der Waals surface area contributed by atoms with E-state index in [2.05, 4.69) is 72.8 Å². The zero-order valence-electron chi connectivity index (χ0n) is 18.8. The smallest absolute Gasteiger partial charge is 0.126 e. The van der Waals surface area contributed by atoms with E-state index >= 15 is 0 Å². The minimum atomic E-state index is -0.949. The van der Waals surface area contributed by atoms with E-state index < -0.39 is 5.60 Å². The Labute approximate surface area is 191 Å². The Balaban J connectivity index is 1.29. The normalized spacial score (nSPS) is 24.7. The summed E-state index contributed by atoms with van der Waals surface area (Å²) in [5.74, 6) is 0. The number of ether oxygens (including phenoxy) is 1. The van der Waals surface area contributed by atoms with E-state index in [4.69, 9.17) is 4.74 Å². The lowest BCUT2D eigenvalue weighted by Crippen LogP contribution is -2.47. The van der Waals surface area contributed by atoms with Gasteiger partial charge in [0.2, 0.25) is 0 Å². The first kappa shape index (κ1) is 21.4. The van der Waals surface area contributed by atoms with Crippen LogP contribution in [0.1, 0.15) is 36.0 Å². The number of piperidine rings is 1. The number of hydrogen-bond acceptors (Lipinski definition) is 2. The fourth-order valence-electron chi connectivity index (χ4n) is 6.28. The highest BCUT2D eigenvalue weighted by Crippen LogP contribution is 2.58. The van der Waals surface area contributed by atoms with Crippen molar-refractivity contribution in [3.8, 4) is 0 Å². The Morgan fingerprint density at radius 1 is 0.781 bits per heavy atom. The topological polar surface area (TPSA) is 29.5 Å². The van der Waals surface area contributed by atoms with Crippen LogP contribution in [0.2, 0.25) is 0 Å². The van der Waals surface area contributed by atoms with Gasteiger partial charge < -0.3 is 14.3 Å². The molecule has 0 atom stereocenters. The molecule has 5 rings (SSSR count). The van der Waals surface area contributed by atoms with Crippen LogP contribution in [-0.4, -0.2) is 42.4 Å². The molecular weight excluding hydrogens is 394 g/mol. The summed E-state index contributed by atoms with van der Waals surface area (Å²) in [6, 6.07) is 31.1. The van der Waals surface area contributed by atoms with Gasteiger partial charge in [0.1, 0.15) is 5.60 Å². The fraction of sp³-hybridized carbons (Fsp3) is 0.379. The van der Waals surface area contributed by atoms with E-state index in [0.29, 0.717) is 6.61 Å². The first-order valence-electron chi connectivity index (χ1n) is 12.0. The van der Waals surface area contributed by atoms with Crippen LogP contribution in [0.15, 0.2) is 91.0 Å². The van der Waals surface area contributed by atoms with Crippen molar-refractivity contribution in [1.29, 1.82) is 0 Å². The average Bonchev–Trinajstić information content (AvgIpc) is 3.43. The van der Waals surface area contributed by atoms with Gasteiger partial charge in [-0.05, 0) is 16.7 Å². The predicted octanol–water partition coefficient (Wildman–Crippen LogP) is 5.14. The van der Waals surface area contributed by atoms with E-state index in [1.165, 1.54) is 5.56 Å². The van der Waals surface area contributed by atoms with Gasteiger partial charge in [0.25, 0.3) is 0 Å².